The third-order valence-electron chi connectivity index (χ3n) is 3.88. The second-order valence-electron chi connectivity index (χ2n) is 5.19. The average molecular weight is 342 g/mol. The van der Waals surface area contributed by atoms with Gasteiger partial charge < -0.3 is 9.47 Å². The van der Waals surface area contributed by atoms with E-state index in [4.69, 9.17) is 9.47 Å². The van der Waals surface area contributed by atoms with Gasteiger partial charge in [-0.15, -0.1) is 0 Å². The van der Waals surface area contributed by atoms with Gasteiger partial charge in [0.05, 0.1) is 7.11 Å². The molecule has 2 rings (SSSR count). The number of methoxy groups -OCH3 is 1. The molecule has 20 heavy (non-hydrogen) atoms. The van der Waals surface area contributed by atoms with Crippen LogP contribution in [0.1, 0.15) is 25.7 Å². The lowest BCUT2D eigenvalue weighted by Gasteiger charge is -2.24. The molecule has 0 aliphatic carbocycles. The maximum Gasteiger partial charge on any atom is 0.119 e. The van der Waals surface area contributed by atoms with E-state index in [9.17, 15) is 0 Å². The summed E-state index contributed by atoms with van der Waals surface area (Å²) in [6.45, 7) is 3.01. The first-order chi connectivity index (χ1) is 9.83. The first-order valence-electron chi connectivity index (χ1n) is 7.40. The Labute approximate surface area is 130 Å². The molecule has 0 aromatic heterocycles. The summed E-state index contributed by atoms with van der Waals surface area (Å²) in [5.74, 6) is 1.79. The summed E-state index contributed by atoms with van der Waals surface area (Å²) < 4.78 is 11.0. The minimum Gasteiger partial charge on any atom is -0.497 e. The molecule has 1 aromatic carbocycles. The van der Waals surface area contributed by atoms with E-state index >= 15 is 0 Å². The van der Waals surface area contributed by atoms with Crippen LogP contribution >= 0.6 is 15.9 Å². The number of halogens is 1. The largest absolute Gasteiger partial charge is 0.497 e. The molecule has 0 bridgehead atoms. The van der Waals surface area contributed by atoms with Crippen LogP contribution in [0.5, 0.6) is 11.5 Å². The molecule has 4 heteroatoms. The summed E-state index contributed by atoms with van der Waals surface area (Å²) >= 11 is 3.52. The Balaban J connectivity index is 1.71. The van der Waals surface area contributed by atoms with Crippen molar-refractivity contribution in [1.82, 2.24) is 4.90 Å². The van der Waals surface area contributed by atoms with E-state index < -0.39 is 0 Å². The van der Waals surface area contributed by atoms with Crippen molar-refractivity contribution in [3.8, 4) is 11.5 Å². The smallest absolute Gasteiger partial charge is 0.119 e. The first-order valence-corrected chi connectivity index (χ1v) is 8.52. The Morgan fingerprint density at radius 2 is 2.00 bits per heavy atom. The third kappa shape index (κ3) is 4.67. The number of hydrogen-bond donors (Lipinski definition) is 0. The normalized spacial score (nSPS) is 19.2. The van der Waals surface area contributed by atoms with Crippen molar-refractivity contribution in [3.05, 3.63) is 24.3 Å². The molecule has 1 aliphatic rings. The van der Waals surface area contributed by atoms with Gasteiger partial charge in [-0.2, -0.15) is 0 Å². The van der Waals surface area contributed by atoms with Gasteiger partial charge in [0.1, 0.15) is 18.1 Å². The van der Waals surface area contributed by atoms with E-state index in [-0.39, 0.29) is 0 Å². The standard InChI is InChI=1S/C16H24BrNO2/c1-19-15-6-8-16(9-7-15)20-13-12-18-11-3-5-14(18)4-2-10-17/h6-9,14H,2-5,10-13H2,1H3. The molecule has 1 atom stereocenters. The highest BCUT2D eigenvalue weighted by Gasteiger charge is 2.23. The van der Waals surface area contributed by atoms with Gasteiger partial charge in [-0.05, 0) is 56.5 Å². The van der Waals surface area contributed by atoms with Crippen molar-refractivity contribution in [3.63, 3.8) is 0 Å². The Kier molecular flexibility index (Phi) is 6.67. The fourth-order valence-electron chi connectivity index (χ4n) is 2.78. The van der Waals surface area contributed by atoms with Gasteiger partial charge in [-0.25, -0.2) is 0 Å². The number of ether oxygens (including phenoxy) is 2. The summed E-state index contributed by atoms with van der Waals surface area (Å²) in [6.07, 6.45) is 5.24. The molecule has 3 nitrogen and oxygen atoms in total. The van der Waals surface area contributed by atoms with Gasteiger partial charge in [-0.3, -0.25) is 4.90 Å². The molecular formula is C16H24BrNO2. The van der Waals surface area contributed by atoms with E-state index in [1.807, 2.05) is 24.3 Å². The molecule has 0 amide bonds. The van der Waals surface area contributed by atoms with Gasteiger partial charge >= 0.3 is 0 Å². The Morgan fingerprint density at radius 1 is 1.25 bits per heavy atom. The Hall–Kier alpha value is -0.740. The van der Waals surface area contributed by atoms with Crippen LogP contribution in [0.2, 0.25) is 0 Å². The van der Waals surface area contributed by atoms with Crippen LogP contribution in [0, 0.1) is 0 Å². The first kappa shape index (κ1) is 15.6. The van der Waals surface area contributed by atoms with Crippen molar-refractivity contribution < 1.29 is 9.47 Å². The molecule has 1 fully saturated rings. The van der Waals surface area contributed by atoms with Gasteiger partial charge in [0.15, 0.2) is 0 Å². The zero-order valence-electron chi connectivity index (χ0n) is 12.2. The quantitative estimate of drug-likeness (QED) is 0.672. The maximum absolute atomic E-state index is 5.81. The van der Waals surface area contributed by atoms with E-state index in [0.29, 0.717) is 0 Å². The fraction of sp³-hybridized carbons (Fsp3) is 0.625. The number of likely N-dealkylation sites (tertiary alicyclic amines) is 1. The molecule has 112 valence electrons. The predicted molar refractivity (Wildman–Crippen MR) is 86.1 cm³/mol. The summed E-state index contributed by atoms with van der Waals surface area (Å²) in [7, 11) is 1.68. The van der Waals surface area contributed by atoms with E-state index in [2.05, 4.69) is 20.8 Å². The topological polar surface area (TPSA) is 21.7 Å². The van der Waals surface area contributed by atoms with Crippen LogP contribution in [0.4, 0.5) is 0 Å². The highest BCUT2D eigenvalue weighted by atomic mass is 79.9. The average Bonchev–Trinajstić information content (AvgIpc) is 2.93. The molecule has 1 aromatic rings. The summed E-state index contributed by atoms with van der Waals surface area (Å²) in [5, 5.41) is 1.11. The van der Waals surface area contributed by atoms with Crippen molar-refractivity contribution in [2.75, 3.05) is 32.1 Å². The highest BCUT2D eigenvalue weighted by Crippen LogP contribution is 2.22. The van der Waals surface area contributed by atoms with Crippen LogP contribution in [-0.4, -0.2) is 43.1 Å². The SMILES string of the molecule is COc1ccc(OCCN2CCCC2CCCBr)cc1. The molecular weight excluding hydrogens is 318 g/mol. The number of benzene rings is 1. The molecule has 0 saturated carbocycles. The van der Waals surface area contributed by atoms with Crippen LogP contribution < -0.4 is 9.47 Å². The predicted octanol–water partition coefficient (Wildman–Crippen LogP) is 3.71. The van der Waals surface area contributed by atoms with E-state index in [0.717, 1.165) is 36.0 Å². The van der Waals surface area contributed by atoms with Gasteiger partial charge in [-0.1, -0.05) is 15.9 Å². The van der Waals surface area contributed by atoms with Gasteiger partial charge in [0.25, 0.3) is 0 Å². The lowest BCUT2D eigenvalue weighted by molar-refractivity contribution is 0.190. The van der Waals surface area contributed by atoms with Crippen LogP contribution in [0.3, 0.4) is 0 Å². The Bertz CT molecular complexity index is 383. The molecule has 1 saturated heterocycles. The monoisotopic (exact) mass is 341 g/mol. The van der Waals surface area contributed by atoms with Crippen molar-refractivity contribution in [2.24, 2.45) is 0 Å². The lowest BCUT2D eigenvalue weighted by atomic mass is 10.1. The summed E-state index contributed by atoms with van der Waals surface area (Å²) in [6, 6.07) is 8.55. The second-order valence-corrected chi connectivity index (χ2v) is 5.98. The second kappa shape index (κ2) is 8.53. The number of nitrogens with zero attached hydrogens (tertiary/aromatic N) is 1. The van der Waals surface area contributed by atoms with Crippen LogP contribution in [0.25, 0.3) is 0 Å². The third-order valence-corrected chi connectivity index (χ3v) is 4.44. The number of alkyl halides is 1. The number of hydrogen-bond acceptors (Lipinski definition) is 3. The molecule has 0 N–H and O–H groups in total. The molecule has 1 unspecified atom stereocenters. The molecule has 0 spiro atoms. The van der Waals surface area contributed by atoms with Crippen LogP contribution in [-0.2, 0) is 0 Å². The minimum absolute atomic E-state index is 0.756. The molecule has 1 aliphatic heterocycles. The highest BCUT2D eigenvalue weighted by molar-refractivity contribution is 9.09. The zero-order valence-corrected chi connectivity index (χ0v) is 13.8. The Morgan fingerprint density at radius 3 is 2.70 bits per heavy atom. The summed E-state index contributed by atoms with van der Waals surface area (Å²) in [4.78, 5) is 2.58. The summed E-state index contributed by atoms with van der Waals surface area (Å²) in [5.41, 5.74) is 0. The maximum atomic E-state index is 5.81. The zero-order chi connectivity index (χ0) is 14.2. The van der Waals surface area contributed by atoms with Crippen molar-refractivity contribution in [2.45, 2.75) is 31.7 Å². The van der Waals surface area contributed by atoms with E-state index in [1.54, 1.807) is 7.11 Å². The lowest BCUT2D eigenvalue weighted by Crippen LogP contribution is -2.33. The molecule has 0 radical (unpaired) electrons. The molecule has 1 heterocycles. The van der Waals surface area contributed by atoms with Gasteiger partial charge in [0.2, 0.25) is 0 Å². The minimum atomic E-state index is 0.756. The van der Waals surface area contributed by atoms with Gasteiger partial charge in [0, 0.05) is 17.9 Å². The van der Waals surface area contributed by atoms with E-state index in [1.165, 1.54) is 32.2 Å². The van der Waals surface area contributed by atoms with Crippen LogP contribution in [0.15, 0.2) is 24.3 Å². The van der Waals surface area contributed by atoms with Crippen molar-refractivity contribution >= 4 is 15.9 Å². The number of rotatable bonds is 8. The van der Waals surface area contributed by atoms with Crippen molar-refractivity contribution in [1.29, 1.82) is 0 Å². The fourth-order valence-corrected chi connectivity index (χ4v) is 3.11.